The SMILES string of the molecule is Cl.NC1CCC2CN(C(=O)C3CSCCS3)CC12. The zero-order valence-corrected chi connectivity index (χ0v) is 12.9. The van der Waals surface area contributed by atoms with Crippen LogP contribution in [-0.2, 0) is 4.79 Å². The minimum atomic E-state index is 0. The zero-order valence-electron chi connectivity index (χ0n) is 10.4. The number of thioether (sulfide) groups is 2. The molecule has 6 heteroatoms. The molecule has 1 amide bonds. The molecule has 1 aliphatic carbocycles. The predicted molar refractivity (Wildman–Crippen MR) is 81.6 cm³/mol. The molecule has 2 heterocycles. The Morgan fingerprint density at radius 3 is 2.72 bits per heavy atom. The Balaban J connectivity index is 0.00000120. The van der Waals surface area contributed by atoms with Crippen molar-refractivity contribution >= 4 is 41.8 Å². The molecule has 3 nitrogen and oxygen atoms in total. The van der Waals surface area contributed by atoms with Gasteiger partial charge in [0.1, 0.15) is 0 Å². The Morgan fingerprint density at radius 2 is 2.06 bits per heavy atom. The summed E-state index contributed by atoms with van der Waals surface area (Å²) in [5.74, 6) is 4.98. The fourth-order valence-electron chi connectivity index (χ4n) is 3.32. The molecule has 1 saturated carbocycles. The Hall–Kier alpha value is 0.420. The van der Waals surface area contributed by atoms with E-state index in [0.29, 0.717) is 23.8 Å². The Bertz CT molecular complexity index is 312. The molecule has 3 fully saturated rings. The monoisotopic (exact) mass is 308 g/mol. The topological polar surface area (TPSA) is 46.3 Å². The van der Waals surface area contributed by atoms with Crippen molar-refractivity contribution < 1.29 is 4.79 Å². The van der Waals surface area contributed by atoms with Crippen molar-refractivity contribution in [1.82, 2.24) is 4.90 Å². The smallest absolute Gasteiger partial charge is 0.236 e. The van der Waals surface area contributed by atoms with Crippen LogP contribution in [0.15, 0.2) is 0 Å². The fourth-order valence-corrected chi connectivity index (χ4v) is 5.95. The zero-order chi connectivity index (χ0) is 11.8. The molecule has 2 saturated heterocycles. The van der Waals surface area contributed by atoms with Crippen LogP contribution in [-0.4, -0.2) is 52.4 Å². The highest BCUT2D eigenvalue weighted by molar-refractivity contribution is 8.07. The number of likely N-dealkylation sites (tertiary alicyclic amines) is 1. The third-order valence-corrected chi connectivity index (χ3v) is 7.06. The highest BCUT2D eigenvalue weighted by Crippen LogP contribution is 2.38. The number of nitrogens with zero attached hydrogens (tertiary/aromatic N) is 1. The quantitative estimate of drug-likeness (QED) is 0.796. The highest BCUT2D eigenvalue weighted by Gasteiger charge is 2.43. The van der Waals surface area contributed by atoms with Gasteiger partial charge in [0, 0.05) is 36.4 Å². The van der Waals surface area contributed by atoms with E-state index < -0.39 is 0 Å². The molecule has 0 bridgehead atoms. The largest absolute Gasteiger partial charge is 0.341 e. The van der Waals surface area contributed by atoms with E-state index in [1.54, 1.807) is 0 Å². The van der Waals surface area contributed by atoms with Crippen molar-refractivity contribution in [2.24, 2.45) is 17.6 Å². The van der Waals surface area contributed by atoms with Gasteiger partial charge in [-0.15, -0.1) is 24.2 Å². The molecule has 4 unspecified atom stereocenters. The third kappa shape index (κ3) is 2.79. The summed E-state index contributed by atoms with van der Waals surface area (Å²) in [6, 6.07) is 0.339. The first kappa shape index (κ1) is 14.8. The van der Waals surface area contributed by atoms with Crippen molar-refractivity contribution in [2.45, 2.75) is 24.1 Å². The average Bonchev–Trinajstić information content (AvgIpc) is 2.92. The van der Waals surface area contributed by atoms with E-state index in [1.165, 1.54) is 12.2 Å². The van der Waals surface area contributed by atoms with Crippen LogP contribution >= 0.6 is 35.9 Å². The van der Waals surface area contributed by atoms with E-state index in [-0.39, 0.29) is 17.7 Å². The molecule has 4 atom stereocenters. The first-order chi connectivity index (χ1) is 8.25. The number of hydrogen-bond donors (Lipinski definition) is 1. The van der Waals surface area contributed by atoms with Crippen LogP contribution < -0.4 is 5.73 Å². The summed E-state index contributed by atoms with van der Waals surface area (Å²) in [6.07, 6.45) is 2.38. The van der Waals surface area contributed by atoms with Gasteiger partial charge in [-0.3, -0.25) is 4.79 Å². The van der Waals surface area contributed by atoms with Crippen molar-refractivity contribution in [3.8, 4) is 0 Å². The first-order valence-electron chi connectivity index (χ1n) is 6.49. The number of carbonyl (C=O) groups is 1. The van der Waals surface area contributed by atoms with Crippen molar-refractivity contribution in [1.29, 1.82) is 0 Å². The number of halogens is 1. The summed E-state index contributed by atoms with van der Waals surface area (Å²) < 4.78 is 0. The number of hydrogen-bond acceptors (Lipinski definition) is 4. The van der Waals surface area contributed by atoms with Gasteiger partial charge in [-0.2, -0.15) is 11.8 Å². The number of rotatable bonds is 1. The maximum Gasteiger partial charge on any atom is 0.236 e. The van der Waals surface area contributed by atoms with Gasteiger partial charge in [-0.05, 0) is 24.7 Å². The second-order valence-electron chi connectivity index (χ2n) is 5.34. The molecule has 104 valence electrons. The van der Waals surface area contributed by atoms with Crippen LogP contribution in [0.3, 0.4) is 0 Å². The Kier molecular flexibility index (Phi) is 5.14. The van der Waals surface area contributed by atoms with Gasteiger partial charge in [-0.1, -0.05) is 0 Å². The van der Waals surface area contributed by atoms with Crippen LogP contribution in [0.1, 0.15) is 12.8 Å². The molecule has 0 radical (unpaired) electrons. The van der Waals surface area contributed by atoms with E-state index >= 15 is 0 Å². The van der Waals surface area contributed by atoms with Crippen LogP contribution in [0.2, 0.25) is 0 Å². The van der Waals surface area contributed by atoms with Gasteiger partial charge >= 0.3 is 0 Å². The molecule has 0 aromatic rings. The number of carbonyl (C=O) groups excluding carboxylic acids is 1. The molecule has 0 aromatic carbocycles. The maximum absolute atomic E-state index is 12.4. The van der Waals surface area contributed by atoms with Gasteiger partial charge in [0.25, 0.3) is 0 Å². The van der Waals surface area contributed by atoms with Gasteiger partial charge in [-0.25, -0.2) is 0 Å². The van der Waals surface area contributed by atoms with Gasteiger partial charge in [0.15, 0.2) is 0 Å². The summed E-state index contributed by atoms with van der Waals surface area (Å²) in [6.45, 7) is 1.89. The Morgan fingerprint density at radius 1 is 1.22 bits per heavy atom. The van der Waals surface area contributed by atoms with E-state index in [2.05, 4.69) is 4.90 Å². The molecule has 2 N–H and O–H groups in total. The second kappa shape index (κ2) is 6.25. The first-order valence-corrected chi connectivity index (χ1v) is 8.70. The van der Waals surface area contributed by atoms with Crippen molar-refractivity contribution in [3.63, 3.8) is 0 Å². The summed E-state index contributed by atoms with van der Waals surface area (Å²) in [4.78, 5) is 14.5. The molecule has 3 aliphatic rings. The normalized spacial score (nSPS) is 39.3. The second-order valence-corrected chi connectivity index (χ2v) is 7.80. The standard InChI is InChI=1S/C12H20N2OS2.ClH/c13-10-2-1-8-5-14(6-9(8)10)12(15)11-7-16-3-4-17-11;/h8-11H,1-7,13H2;1H. The number of nitrogens with two attached hydrogens (primary N) is 1. The van der Waals surface area contributed by atoms with E-state index in [1.807, 2.05) is 23.5 Å². The molecule has 0 aromatic heterocycles. The Labute approximate surface area is 123 Å². The molecule has 2 aliphatic heterocycles. The lowest BCUT2D eigenvalue weighted by Crippen LogP contribution is -2.40. The van der Waals surface area contributed by atoms with Crippen molar-refractivity contribution in [3.05, 3.63) is 0 Å². The fraction of sp³-hybridized carbons (Fsp3) is 0.917. The number of fused-ring (bicyclic) bond motifs is 1. The van der Waals surface area contributed by atoms with Crippen LogP contribution in [0.5, 0.6) is 0 Å². The molecular weight excluding hydrogens is 288 g/mol. The van der Waals surface area contributed by atoms with E-state index in [9.17, 15) is 4.79 Å². The van der Waals surface area contributed by atoms with Gasteiger partial charge < -0.3 is 10.6 Å². The summed E-state index contributed by atoms with van der Waals surface area (Å²) >= 11 is 3.76. The van der Waals surface area contributed by atoms with E-state index in [0.717, 1.165) is 31.0 Å². The molecule has 18 heavy (non-hydrogen) atoms. The predicted octanol–water partition coefficient (Wildman–Crippen LogP) is 1.45. The van der Waals surface area contributed by atoms with Gasteiger partial charge in [0.2, 0.25) is 5.91 Å². The molecule has 3 rings (SSSR count). The minimum absolute atomic E-state index is 0. The van der Waals surface area contributed by atoms with Crippen molar-refractivity contribution in [2.75, 3.05) is 30.3 Å². The van der Waals surface area contributed by atoms with Crippen LogP contribution in [0, 0.1) is 11.8 Å². The van der Waals surface area contributed by atoms with Gasteiger partial charge in [0.05, 0.1) is 5.25 Å². The molecule has 0 spiro atoms. The lowest BCUT2D eigenvalue weighted by atomic mass is 9.98. The van der Waals surface area contributed by atoms with Crippen LogP contribution in [0.25, 0.3) is 0 Å². The number of amides is 1. The van der Waals surface area contributed by atoms with Crippen LogP contribution in [0.4, 0.5) is 0 Å². The maximum atomic E-state index is 12.4. The lowest BCUT2D eigenvalue weighted by Gasteiger charge is -2.26. The summed E-state index contributed by atoms with van der Waals surface area (Å²) in [5.41, 5.74) is 6.11. The minimum Gasteiger partial charge on any atom is -0.341 e. The lowest BCUT2D eigenvalue weighted by molar-refractivity contribution is -0.129. The average molecular weight is 309 g/mol. The van der Waals surface area contributed by atoms with E-state index in [4.69, 9.17) is 5.73 Å². The summed E-state index contributed by atoms with van der Waals surface area (Å²) in [5, 5.41) is 0.212. The molecular formula is C12H21ClN2OS2. The summed E-state index contributed by atoms with van der Waals surface area (Å²) in [7, 11) is 0. The highest BCUT2D eigenvalue weighted by atomic mass is 35.5. The third-order valence-electron chi connectivity index (χ3n) is 4.32.